The summed E-state index contributed by atoms with van der Waals surface area (Å²) >= 11 is 0. The molecular weight excluding hydrogens is 511 g/mol. The molecule has 170 valence electrons. The van der Waals surface area contributed by atoms with E-state index in [1.54, 1.807) is 17.0 Å². The maximum atomic E-state index is 12.5. The largest absolute Gasteiger partial charge is 0.357 e. The van der Waals surface area contributed by atoms with Gasteiger partial charge in [-0.05, 0) is 37.5 Å². The van der Waals surface area contributed by atoms with E-state index in [1.807, 2.05) is 24.0 Å². The number of rotatable bonds is 6. The van der Waals surface area contributed by atoms with Gasteiger partial charge in [-0.2, -0.15) is 0 Å². The number of nitrogens with zero attached hydrogens (tertiary/aromatic N) is 3. The van der Waals surface area contributed by atoms with Crippen LogP contribution < -0.4 is 16.0 Å². The minimum Gasteiger partial charge on any atom is -0.357 e. The molecule has 2 saturated heterocycles. The zero-order chi connectivity index (χ0) is 21.3. The molecule has 2 fully saturated rings. The highest BCUT2D eigenvalue weighted by molar-refractivity contribution is 14.0. The molecule has 0 spiro atoms. The Bertz CT molecular complexity index is 793. The van der Waals surface area contributed by atoms with Gasteiger partial charge >= 0.3 is 0 Å². The minimum absolute atomic E-state index is 0. The van der Waals surface area contributed by atoms with E-state index in [-0.39, 0.29) is 54.8 Å². The van der Waals surface area contributed by atoms with Gasteiger partial charge in [-0.3, -0.25) is 14.4 Å². The van der Waals surface area contributed by atoms with Gasteiger partial charge in [0.25, 0.3) is 5.91 Å². The fourth-order valence-electron chi connectivity index (χ4n) is 3.50. The number of hydrogen-bond acceptors (Lipinski definition) is 4. The summed E-state index contributed by atoms with van der Waals surface area (Å²) in [5.74, 6) is 0.402. The van der Waals surface area contributed by atoms with Crippen LogP contribution in [0.15, 0.2) is 29.3 Å². The smallest absolute Gasteiger partial charge is 0.254 e. The molecule has 0 aromatic heterocycles. The molecular formula is C21H31IN6O3. The minimum atomic E-state index is -0.143. The van der Waals surface area contributed by atoms with E-state index in [4.69, 9.17) is 0 Å². The van der Waals surface area contributed by atoms with Crippen molar-refractivity contribution in [2.75, 3.05) is 45.8 Å². The molecule has 3 N–H and O–H groups in total. The predicted molar refractivity (Wildman–Crippen MR) is 129 cm³/mol. The molecule has 31 heavy (non-hydrogen) atoms. The third kappa shape index (κ3) is 7.37. The molecule has 0 saturated carbocycles. The van der Waals surface area contributed by atoms with Crippen LogP contribution in [0.5, 0.6) is 0 Å². The van der Waals surface area contributed by atoms with E-state index in [0.717, 1.165) is 31.5 Å². The molecule has 2 heterocycles. The fourth-order valence-corrected chi connectivity index (χ4v) is 3.50. The van der Waals surface area contributed by atoms with Crippen molar-refractivity contribution in [2.24, 2.45) is 4.99 Å². The van der Waals surface area contributed by atoms with Crippen molar-refractivity contribution in [3.8, 4) is 0 Å². The Hall–Kier alpha value is -2.37. The molecule has 1 aromatic carbocycles. The van der Waals surface area contributed by atoms with Crippen molar-refractivity contribution >= 4 is 47.7 Å². The molecule has 0 atom stereocenters. The van der Waals surface area contributed by atoms with Crippen molar-refractivity contribution in [1.29, 1.82) is 0 Å². The lowest BCUT2D eigenvalue weighted by Crippen LogP contribution is -2.49. The van der Waals surface area contributed by atoms with E-state index in [0.29, 0.717) is 37.7 Å². The molecule has 3 rings (SSSR count). The first-order valence-corrected chi connectivity index (χ1v) is 10.5. The topological polar surface area (TPSA) is 106 Å². The quantitative estimate of drug-likeness (QED) is 0.277. The van der Waals surface area contributed by atoms with Crippen molar-refractivity contribution in [2.45, 2.75) is 26.3 Å². The van der Waals surface area contributed by atoms with Crippen molar-refractivity contribution in [3.63, 3.8) is 0 Å². The lowest BCUT2D eigenvalue weighted by Gasteiger charge is -2.26. The summed E-state index contributed by atoms with van der Waals surface area (Å²) in [6.45, 7) is 6.08. The van der Waals surface area contributed by atoms with Gasteiger partial charge in [0.15, 0.2) is 5.96 Å². The lowest BCUT2D eigenvalue weighted by atomic mass is 10.1. The van der Waals surface area contributed by atoms with Gasteiger partial charge in [-0.15, -0.1) is 24.0 Å². The Morgan fingerprint density at radius 1 is 1.06 bits per heavy atom. The summed E-state index contributed by atoms with van der Waals surface area (Å²) in [5.41, 5.74) is 1.50. The van der Waals surface area contributed by atoms with Crippen molar-refractivity contribution < 1.29 is 14.4 Å². The zero-order valence-electron chi connectivity index (χ0n) is 17.9. The SMILES string of the molecule is CCNC(=NCc1ccc(C(=O)N2CCNC(=O)C2)cc1)NCC(=O)N1CCCC1.I. The second-order valence-electron chi connectivity index (χ2n) is 7.41. The number of amides is 3. The standard InChI is InChI=1S/C21H30N6O3.HI/c1-2-22-21(25-14-19(29)26-10-3-4-11-26)24-13-16-5-7-17(8-6-16)20(30)27-12-9-23-18(28)15-27;/h5-8H,2-4,9-15H2,1H3,(H,23,28)(H2,22,24,25);1H. The Morgan fingerprint density at radius 2 is 1.77 bits per heavy atom. The monoisotopic (exact) mass is 542 g/mol. The van der Waals surface area contributed by atoms with Gasteiger partial charge in [0, 0.05) is 38.3 Å². The number of carbonyl (C=O) groups excluding carboxylic acids is 3. The molecule has 2 aliphatic heterocycles. The van der Waals surface area contributed by atoms with Crippen LogP contribution in [0.4, 0.5) is 0 Å². The number of hydrogen-bond donors (Lipinski definition) is 3. The predicted octanol–water partition coefficient (Wildman–Crippen LogP) is 0.554. The van der Waals surface area contributed by atoms with Crippen LogP contribution in [0.3, 0.4) is 0 Å². The zero-order valence-corrected chi connectivity index (χ0v) is 20.2. The second kappa shape index (κ2) is 12.5. The van der Waals surface area contributed by atoms with Crippen LogP contribution in [-0.2, 0) is 16.1 Å². The van der Waals surface area contributed by atoms with Gasteiger partial charge in [0.05, 0.1) is 19.6 Å². The molecule has 10 heteroatoms. The summed E-state index contributed by atoms with van der Waals surface area (Å²) in [6.07, 6.45) is 2.15. The Labute approximate surface area is 200 Å². The fraction of sp³-hybridized carbons (Fsp3) is 0.524. The van der Waals surface area contributed by atoms with Crippen LogP contribution in [0.25, 0.3) is 0 Å². The van der Waals surface area contributed by atoms with Gasteiger partial charge < -0.3 is 25.8 Å². The average Bonchev–Trinajstić information content (AvgIpc) is 3.30. The van der Waals surface area contributed by atoms with Crippen molar-refractivity contribution in [3.05, 3.63) is 35.4 Å². The summed E-state index contributed by atoms with van der Waals surface area (Å²) in [7, 11) is 0. The summed E-state index contributed by atoms with van der Waals surface area (Å²) in [4.78, 5) is 44.2. The van der Waals surface area contributed by atoms with Gasteiger partial charge in [0.1, 0.15) is 0 Å². The molecule has 0 unspecified atom stereocenters. The van der Waals surface area contributed by atoms with E-state index >= 15 is 0 Å². The molecule has 1 aromatic rings. The number of guanidine groups is 1. The third-order valence-electron chi connectivity index (χ3n) is 5.16. The van der Waals surface area contributed by atoms with E-state index in [9.17, 15) is 14.4 Å². The summed E-state index contributed by atoms with van der Waals surface area (Å²) < 4.78 is 0. The Kier molecular flexibility index (Phi) is 10.0. The molecule has 0 aliphatic carbocycles. The van der Waals surface area contributed by atoms with Crippen LogP contribution in [0.1, 0.15) is 35.7 Å². The lowest BCUT2D eigenvalue weighted by molar-refractivity contribution is -0.129. The number of piperazine rings is 1. The van der Waals surface area contributed by atoms with E-state index < -0.39 is 0 Å². The number of aliphatic imine (C=N–C) groups is 1. The highest BCUT2D eigenvalue weighted by Crippen LogP contribution is 2.10. The molecule has 9 nitrogen and oxygen atoms in total. The van der Waals surface area contributed by atoms with Gasteiger partial charge in [-0.1, -0.05) is 12.1 Å². The first-order chi connectivity index (χ1) is 14.6. The highest BCUT2D eigenvalue weighted by atomic mass is 127. The van der Waals surface area contributed by atoms with Crippen LogP contribution in [0, 0.1) is 0 Å². The normalized spacial score (nSPS) is 16.4. The number of carbonyl (C=O) groups is 3. The molecule has 2 aliphatic rings. The number of nitrogens with one attached hydrogen (secondary N) is 3. The maximum Gasteiger partial charge on any atom is 0.254 e. The summed E-state index contributed by atoms with van der Waals surface area (Å²) in [6, 6.07) is 7.24. The number of benzene rings is 1. The second-order valence-corrected chi connectivity index (χ2v) is 7.41. The molecule has 3 amide bonds. The third-order valence-corrected chi connectivity index (χ3v) is 5.16. The Morgan fingerprint density at radius 3 is 2.42 bits per heavy atom. The molecule has 0 bridgehead atoms. The van der Waals surface area contributed by atoms with Crippen LogP contribution in [-0.4, -0.2) is 79.3 Å². The maximum absolute atomic E-state index is 12.5. The van der Waals surface area contributed by atoms with Crippen LogP contribution >= 0.6 is 24.0 Å². The van der Waals surface area contributed by atoms with Gasteiger partial charge in [-0.25, -0.2) is 4.99 Å². The molecule has 0 radical (unpaired) electrons. The summed E-state index contributed by atoms with van der Waals surface area (Å²) in [5, 5.41) is 8.95. The number of halogens is 1. The van der Waals surface area contributed by atoms with Crippen molar-refractivity contribution in [1.82, 2.24) is 25.8 Å². The van der Waals surface area contributed by atoms with E-state index in [2.05, 4.69) is 20.9 Å². The average molecular weight is 542 g/mol. The number of likely N-dealkylation sites (tertiary alicyclic amines) is 1. The Balaban J connectivity index is 0.00000341. The van der Waals surface area contributed by atoms with Gasteiger partial charge in [0.2, 0.25) is 11.8 Å². The van der Waals surface area contributed by atoms with E-state index in [1.165, 1.54) is 0 Å². The first-order valence-electron chi connectivity index (χ1n) is 10.5. The van der Waals surface area contributed by atoms with Crippen LogP contribution in [0.2, 0.25) is 0 Å². The first kappa shape index (κ1) is 24.9. The highest BCUT2D eigenvalue weighted by Gasteiger charge is 2.22.